The van der Waals surface area contributed by atoms with Gasteiger partial charge in [0.15, 0.2) is 11.6 Å². The number of nitrogen functional groups attached to an aromatic ring is 1. The molecule has 3 N–H and O–H groups in total. The number of ether oxygens (including phenoxy) is 1. The van der Waals surface area contributed by atoms with Crippen LogP contribution in [0.1, 0.15) is 10.4 Å². The number of benzene rings is 2. The van der Waals surface area contributed by atoms with Gasteiger partial charge in [-0.2, -0.15) is 0 Å². The number of carbonyl (C=O) groups is 1. The highest BCUT2D eigenvalue weighted by Gasteiger charge is 2.12. The normalized spacial score (nSPS) is 10.2. The molecule has 0 aliphatic heterocycles. The number of nitrogens with two attached hydrogens (primary N) is 1. The van der Waals surface area contributed by atoms with Crippen molar-refractivity contribution in [2.45, 2.75) is 0 Å². The second-order valence-corrected chi connectivity index (χ2v) is 4.12. The zero-order valence-corrected chi connectivity index (χ0v) is 10.3. The van der Waals surface area contributed by atoms with Crippen molar-refractivity contribution in [3.05, 3.63) is 52.8 Å². The van der Waals surface area contributed by atoms with Crippen LogP contribution in [-0.4, -0.2) is 11.1 Å². The van der Waals surface area contributed by atoms with E-state index in [0.29, 0.717) is 0 Å². The summed E-state index contributed by atoms with van der Waals surface area (Å²) in [4.78, 5) is 10.9. The summed E-state index contributed by atoms with van der Waals surface area (Å²) in [5.74, 6) is -1.83. The number of hydrogen-bond acceptors (Lipinski definition) is 3. The Balaban J connectivity index is 2.36. The highest BCUT2D eigenvalue weighted by Crippen LogP contribution is 2.30. The minimum atomic E-state index is -1.19. The van der Waals surface area contributed by atoms with Crippen LogP contribution in [0.15, 0.2) is 36.4 Å². The van der Waals surface area contributed by atoms with E-state index in [1.807, 2.05) is 0 Å². The molecule has 0 heterocycles. The average molecular weight is 282 g/mol. The maximum Gasteiger partial charge on any atom is 0.337 e. The highest BCUT2D eigenvalue weighted by molar-refractivity contribution is 6.30. The smallest absolute Gasteiger partial charge is 0.337 e. The standard InChI is InChI=1S/C13H9ClFNO3/c14-9-2-1-3-11(12(9)15)19-7-4-5-10(16)8(6-7)13(17)18/h1-6H,16H2,(H,17,18). The lowest BCUT2D eigenvalue weighted by Gasteiger charge is -2.09. The first-order valence-corrected chi connectivity index (χ1v) is 5.61. The molecule has 6 heteroatoms. The summed E-state index contributed by atoms with van der Waals surface area (Å²) in [6.07, 6.45) is 0. The molecule has 98 valence electrons. The molecule has 0 radical (unpaired) electrons. The lowest BCUT2D eigenvalue weighted by Crippen LogP contribution is -2.02. The Bertz CT molecular complexity index is 646. The van der Waals surface area contributed by atoms with Crippen LogP contribution >= 0.6 is 11.6 Å². The van der Waals surface area contributed by atoms with E-state index in [9.17, 15) is 9.18 Å². The molecule has 19 heavy (non-hydrogen) atoms. The molecule has 2 aromatic carbocycles. The van der Waals surface area contributed by atoms with Gasteiger partial charge in [0.05, 0.1) is 10.6 Å². The number of carboxylic acid groups (broad SMARTS) is 1. The molecule has 0 unspecified atom stereocenters. The van der Waals surface area contributed by atoms with Crippen molar-refractivity contribution < 1.29 is 19.0 Å². The van der Waals surface area contributed by atoms with Gasteiger partial charge in [0.1, 0.15) is 5.75 Å². The fourth-order valence-electron chi connectivity index (χ4n) is 1.47. The van der Waals surface area contributed by atoms with Crippen LogP contribution in [0, 0.1) is 5.82 Å². The fraction of sp³-hybridized carbons (Fsp3) is 0. The average Bonchev–Trinajstić information content (AvgIpc) is 2.37. The summed E-state index contributed by atoms with van der Waals surface area (Å²) in [7, 11) is 0. The molecule has 0 saturated carbocycles. The zero-order valence-electron chi connectivity index (χ0n) is 9.56. The van der Waals surface area contributed by atoms with Crippen LogP contribution in [0.5, 0.6) is 11.5 Å². The molecule has 0 amide bonds. The van der Waals surface area contributed by atoms with Crippen molar-refractivity contribution in [1.82, 2.24) is 0 Å². The maximum atomic E-state index is 13.6. The third kappa shape index (κ3) is 2.77. The zero-order chi connectivity index (χ0) is 14.0. The first-order chi connectivity index (χ1) is 8.99. The third-order valence-electron chi connectivity index (χ3n) is 2.40. The number of anilines is 1. The molecule has 2 aromatic rings. The van der Waals surface area contributed by atoms with E-state index in [0.717, 1.165) is 0 Å². The van der Waals surface area contributed by atoms with Gasteiger partial charge in [0.2, 0.25) is 0 Å². The Kier molecular flexibility index (Phi) is 3.57. The van der Waals surface area contributed by atoms with Crippen molar-refractivity contribution in [1.29, 1.82) is 0 Å². The molecule has 0 spiro atoms. The fourth-order valence-corrected chi connectivity index (χ4v) is 1.64. The second kappa shape index (κ2) is 5.16. The lowest BCUT2D eigenvalue weighted by atomic mass is 10.2. The number of hydrogen-bond donors (Lipinski definition) is 2. The van der Waals surface area contributed by atoms with E-state index in [4.69, 9.17) is 27.2 Å². The van der Waals surface area contributed by atoms with Gasteiger partial charge in [0, 0.05) is 5.69 Å². The lowest BCUT2D eigenvalue weighted by molar-refractivity contribution is 0.0697. The van der Waals surface area contributed by atoms with Crippen LogP contribution < -0.4 is 10.5 Å². The molecule has 0 aliphatic rings. The SMILES string of the molecule is Nc1ccc(Oc2cccc(Cl)c2F)cc1C(=O)O. The third-order valence-corrected chi connectivity index (χ3v) is 2.69. The largest absolute Gasteiger partial charge is 0.478 e. The van der Waals surface area contributed by atoms with Gasteiger partial charge in [-0.25, -0.2) is 9.18 Å². The van der Waals surface area contributed by atoms with Gasteiger partial charge in [-0.05, 0) is 30.3 Å². The molecule has 2 rings (SSSR count). The molecule has 0 aromatic heterocycles. The molecule has 4 nitrogen and oxygen atoms in total. The number of halogens is 2. The van der Waals surface area contributed by atoms with Crippen LogP contribution in [0.3, 0.4) is 0 Å². The quantitative estimate of drug-likeness (QED) is 0.844. The highest BCUT2D eigenvalue weighted by atomic mass is 35.5. The van der Waals surface area contributed by atoms with Crippen LogP contribution in [0.25, 0.3) is 0 Å². The Morgan fingerprint density at radius 2 is 2.05 bits per heavy atom. The van der Waals surface area contributed by atoms with Gasteiger partial charge in [-0.15, -0.1) is 0 Å². The van der Waals surface area contributed by atoms with E-state index in [1.165, 1.54) is 36.4 Å². The van der Waals surface area contributed by atoms with Gasteiger partial charge < -0.3 is 15.6 Å². The molecule has 0 aliphatic carbocycles. The molecular formula is C13H9ClFNO3. The number of rotatable bonds is 3. The Morgan fingerprint density at radius 1 is 1.32 bits per heavy atom. The molecule has 0 bridgehead atoms. The van der Waals surface area contributed by atoms with Gasteiger partial charge in [-0.3, -0.25) is 0 Å². The van der Waals surface area contributed by atoms with Crippen molar-refractivity contribution in [3.63, 3.8) is 0 Å². The Labute approximate surface area is 113 Å². The summed E-state index contributed by atoms with van der Waals surface area (Å²) >= 11 is 5.62. The second-order valence-electron chi connectivity index (χ2n) is 3.71. The van der Waals surface area contributed by atoms with Crippen molar-refractivity contribution in [2.75, 3.05) is 5.73 Å². The minimum Gasteiger partial charge on any atom is -0.478 e. The monoisotopic (exact) mass is 281 g/mol. The summed E-state index contributed by atoms with van der Waals surface area (Å²) in [5, 5.41) is 8.85. The summed E-state index contributed by atoms with van der Waals surface area (Å²) in [6.45, 7) is 0. The maximum absolute atomic E-state index is 13.6. The van der Waals surface area contributed by atoms with Gasteiger partial charge >= 0.3 is 5.97 Å². The van der Waals surface area contributed by atoms with Gasteiger partial charge in [0.25, 0.3) is 0 Å². The van der Waals surface area contributed by atoms with Crippen LogP contribution in [0.4, 0.5) is 10.1 Å². The topological polar surface area (TPSA) is 72.5 Å². The first kappa shape index (κ1) is 13.2. The molecule has 0 atom stereocenters. The first-order valence-electron chi connectivity index (χ1n) is 5.23. The Hall–Kier alpha value is -2.27. The van der Waals surface area contributed by atoms with E-state index in [2.05, 4.69) is 0 Å². The van der Waals surface area contributed by atoms with Crippen molar-refractivity contribution in [3.8, 4) is 11.5 Å². The summed E-state index contributed by atoms with van der Waals surface area (Å²) < 4.78 is 18.9. The summed E-state index contributed by atoms with van der Waals surface area (Å²) in [6, 6.07) is 8.34. The number of aromatic carboxylic acids is 1. The summed E-state index contributed by atoms with van der Waals surface area (Å²) in [5.41, 5.74) is 5.50. The van der Waals surface area contributed by atoms with Crippen molar-refractivity contribution in [2.24, 2.45) is 0 Å². The van der Waals surface area contributed by atoms with Crippen LogP contribution in [0.2, 0.25) is 5.02 Å². The Morgan fingerprint density at radius 3 is 2.74 bits per heavy atom. The van der Waals surface area contributed by atoms with E-state index in [1.54, 1.807) is 0 Å². The van der Waals surface area contributed by atoms with E-state index in [-0.39, 0.29) is 27.8 Å². The molecule has 0 saturated heterocycles. The van der Waals surface area contributed by atoms with E-state index >= 15 is 0 Å². The predicted molar refractivity (Wildman–Crippen MR) is 69.3 cm³/mol. The predicted octanol–water partition coefficient (Wildman–Crippen LogP) is 3.55. The van der Waals surface area contributed by atoms with Gasteiger partial charge in [-0.1, -0.05) is 17.7 Å². The molecule has 0 fully saturated rings. The van der Waals surface area contributed by atoms with Crippen LogP contribution in [-0.2, 0) is 0 Å². The van der Waals surface area contributed by atoms with Crippen molar-refractivity contribution >= 4 is 23.3 Å². The minimum absolute atomic E-state index is 0.0774. The number of carboxylic acids is 1. The van der Waals surface area contributed by atoms with E-state index < -0.39 is 11.8 Å². The molecular weight excluding hydrogens is 273 g/mol.